The van der Waals surface area contributed by atoms with Gasteiger partial charge in [-0.2, -0.15) is 5.11 Å². The van der Waals surface area contributed by atoms with Gasteiger partial charge in [-0.25, -0.2) is 4.90 Å². The zero-order valence-electron chi connectivity index (χ0n) is 12.5. The van der Waals surface area contributed by atoms with E-state index in [-0.39, 0.29) is 11.8 Å². The monoisotopic (exact) mass is 340 g/mol. The quantitative estimate of drug-likeness (QED) is 0.807. The number of carbonyl (C=O) groups is 2. The van der Waals surface area contributed by atoms with E-state index in [1.54, 1.807) is 30.3 Å². The number of nitrogens with zero attached hydrogens (tertiary/aromatic N) is 4. The summed E-state index contributed by atoms with van der Waals surface area (Å²) in [5, 5.41) is 10.2. The largest absolute Gasteiger partial charge is 0.271 e. The molecule has 2 atom stereocenters. The van der Waals surface area contributed by atoms with Crippen molar-refractivity contribution in [2.75, 3.05) is 4.90 Å². The Kier molecular flexibility index (Phi) is 3.54. The Balaban J connectivity index is 1.62. The third kappa shape index (κ3) is 2.27. The molecule has 2 aromatic carbocycles. The van der Waals surface area contributed by atoms with Gasteiger partial charge in [0.25, 0.3) is 11.8 Å². The molecule has 0 spiro atoms. The Labute approximate surface area is 143 Å². The normalized spacial score (nSPS) is 22.4. The van der Waals surface area contributed by atoms with Crippen molar-refractivity contribution in [1.29, 1.82) is 0 Å². The van der Waals surface area contributed by atoms with Crippen LogP contribution in [0, 0.1) is 0 Å². The van der Waals surface area contributed by atoms with Crippen LogP contribution in [0.25, 0.3) is 0 Å². The van der Waals surface area contributed by atoms with Gasteiger partial charge in [0.1, 0.15) is 0 Å². The third-order valence-electron chi connectivity index (χ3n) is 4.16. The number of fused-ring (bicyclic) bond motifs is 1. The van der Waals surface area contributed by atoms with Gasteiger partial charge < -0.3 is 0 Å². The van der Waals surface area contributed by atoms with Crippen LogP contribution in [-0.4, -0.2) is 28.9 Å². The van der Waals surface area contributed by atoms with E-state index in [1.807, 2.05) is 24.3 Å². The first-order chi connectivity index (χ1) is 11.7. The molecule has 2 aliphatic rings. The molecule has 6 nitrogen and oxygen atoms in total. The maximum atomic E-state index is 12.8. The lowest BCUT2D eigenvalue weighted by Crippen LogP contribution is -2.39. The molecule has 120 valence electrons. The van der Waals surface area contributed by atoms with E-state index in [9.17, 15) is 9.59 Å². The van der Waals surface area contributed by atoms with Gasteiger partial charge in [-0.15, -0.1) is 0 Å². The van der Waals surface area contributed by atoms with E-state index in [1.165, 1.54) is 9.91 Å². The first-order valence-electron chi connectivity index (χ1n) is 7.50. The molecular formula is C17H13ClN4O2. The van der Waals surface area contributed by atoms with Crippen molar-refractivity contribution < 1.29 is 9.59 Å². The summed E-state index contributed by atoms with van der Waals surface area (Å²) in [4.78, 5) is 26.5. The van der Waals surface area contributed by atoms with E-state index in [4.69, 9.17) is 11.6 Å². The summed E-state index contributed by atoms with van der Waals surface area (Å²) >= 11 is 6.17. The van der Waals surface area contributed by atoms with Gasteiger partial charge in [0.15, 0.2) is 12.1 Å². The molecule has 0 unspecified atom stereocenters. The minimum absolute atomic E-state index is 0.312. The van der Waals surface area contributed by atoms with Gasteiger partial charge in [-0.1, -0.05) is 53.2 Å². The van der Waals surface area contributed by atoms with Crippen LogP contribution < -0.4 is 4.90 Å². The molecule has 7 heteroatoms. The van der Waals surface area contributed by atoms with E-state index < -0.39 is 12.1 Å². The van der Waals surface area contributed by atoms with Gasteiger partial charge in [-0.3, -0.25) is 14.6 Å². The lowest BCUT2D eigenvalue weighted by Gasteiger charge is -2.21. The zero-order chi connectivity index (χ0) is 16.7. The molecule has 0 radical (unpaired) electrons. The summed E-state index contributed by atoms with van der Waals surface area (Å²) in [6.45, 7) is 0.325. The Morgan fingerprint density at radius 2 is 1.67 bits per heavy atom. The highest BCUT2D eigenvalue weighted by Gasteiger charge is 2.54. The molecule has 24 heavy (non-hydrogen) atoms. The maximum absolute atomic E-state index is 12.8. The molecule has 1 saturated heterocycles. The average molecular weight is 341 g/mol. The second kappa shape index (κ2) is 5.72. The third-order valence-corrected chi connectivity index (χ3v) is 4.53. The van der Waals surface area contributed by atoms with Crippen molar-refractivity contribution in [3.8, 4) is 0 Å². The first-order valence-corrected chi connectivity index (χ1v) is 7.88. The smallest absolute Gasteiger partial charge is 0.263 e. The predicted octanol–water partition coefficient (Wildman–Crippen LogP) is 2.83. The molecule has 2 aromatic rings. The van der Waals surface area contributed by atoms with Gasteiger partial charge >= 0.3 is 0 Å². The number of hydrogen-bond donors (Lipinski definition) is 0. The molecular weight excluding hydrogens is 328 g/mol. The molecule has 2 heterocycles. The van der Waals surface area contributed by atoms with Crippen molar-refractivity contribution in [3.63, 3.8) is 0 Å². The number of anilines is 1. The molecule has 4 rings (SSSR count). The highest BCUT2D eigenvalue weighted by Crippen LogP contribution is 2.33. The van der Waals surface area contributed by atoms with Crippen LogP contribution in [0.5, 0.6) is 0 Å². The van der Waals surface area contributed by atoms with Crippen LogP contribution >= 0.6 is 11.6 Å². The van der Waals surface area contributed by atoms with Crippen LogP contribution in [0.3, 0.4) is 0 Å². The fraction of sp³-hybridized carbons (Fsp3) is 0.176. The molecule has 2 amide bonds. The number of hydrogen-bond acceptors (Lipinski definition) is 5. The summed E-state index contributed by atoms with van der Waals surface area (Å²) in [5.74, 6) is -0.658. The number of halogens is 1. The standard InChI is InChI=1S/C17H13ClN4O2/c18-13-9-5-4-6-11(13)10-21-15-14(19-20-21)16(23)22(17(15)24)12-7-2-1-3-8-12/h1-9,14-15H,10H2/t14-,15-/m0/s1. The summed E-state index contributed by atoms with van der Waals surface area (Å²) < 4.78 is 0. The van der Waals surface area contributed by atoms with Crippen molar-refractivity contribution in [2.24, 2.45) is 10.3 Å². The van der Waals surface area contributed by atoms with Crippen LogP contribution in [0.15, 0.2) is 64.9 Å². The summed E-state index contributed by atoms with van der Waals surface area (Å²) in [6.07, 6.45) is 0. The molecule has 2 aliphatic heterocycles. The molecule has 1 fully saturated rings. The Hall–Kier alpha value is -2.73. The minimum atomic E-state index is -0.791. The topological polar surface area (TPSA) is 65.3 Å². The predicted molar refractivity (Wildman–Crippen MR) is 88.4 cm³/mol. The number of benzene rings is 2. The fourth-order valence-electron chi connectivity index (χ4n) is 2.99. The van der Waals surface area contributed by atoms with E-state index in [2.05, 4.69) is 10.3 Å². The van der Waals surface area contributed by atoms with Crippen LogP contribution in [-0.2, 0) is 16.1 Å². The first kappa shape index (κ1) is 14.8. The van der Waals surface area contributed by atoms with Gasteiger partial charge in [0.2, 0.25) is 0 Å². The molecule has 0 aliphatic carbocycles. The summed E-state index contributed by atoms with van der Waals surface area (Å²) in [5.41, 5.74) is 1.38. The van der Waals surface area contributed by atoms with E-state index >= 15 is 0 Å². The Morgan fingerprint density at radius 3 is 2.42 bits per heavy atom. The number of carbonyl (C=O) groups excluding carboxylic acids is 2. The number of amides is 2. The van der Waals surface area contributed by atoms with E-state index in [0.717, 1.165) is 5.56 Å². The van der Waals surface area contributed by atoms with Crippen molar-refractivity contribution in [2.45, 2.75) is 18.6 Å². The number of imide groups is 1. The number of para-hydroxylation sites is 1. The van der Waals surface area contributed by atoms with Gasteiger partial charge in [0, 0.05) is 5.02 Å². The summed E-state index contributed by atoms with van der Waals surface area (Å²) in [7, 11) is 0. The SMILES string of the molecule is O=C1[C@H]2N=NN(Cc3ccccc3Cl)[C@@H]2C(=O)N1c1ccccc1. The highest BCUT2D eigenvalue weighted by atomic mass is 35.5. The van der Waals surface area contributed by atoms with Crippen molar-refractivity contribution >= 4 is 29.1 Å². The minimum Gasteiger partial charge on any atom is -0.271 e. The second-order valence-electron chi connectivity index (χ2n) is 5.63. The lowest BCUT2D eigenvalue weighted by atomic mass is 10.1. The maximum Gasteiger partial charge on any atom is 0.263 e. The lowest BCUT2D eigenvalue weighted by molar-refractivity contribution is -0.123. The zero-order valence-corrected chi connectivity index (χ0v) is 13.3. The average Bonchev–Trinajstić information content (AvgIpc) is 3.11. The molecule has 0 saturated carbocycles. The van der Waals surface area contributed by atoms with Crippen molar-refractivity contribution in [3.05, 3.63) is 65.2 Å². The number of rotatable bonds is 3. The fourth-order valence-corrected chi connectivity index (χ4v) is 3.18. The summed E-state index contributed by atoms with van der Waals surface area (Å²) in [6, 6.07) is 14.7. The molecule has 0 bridgehead atoms. The highest BCUT2D eigenvalue weighted by molar-refractivity contribution is 6.31. The van der Waals surface area contributed by atoms with E-state index in [0.29, 0.717) is 17.3 Å². The Morgan fingerprint density at radius 1 is 0.958 bits per heavy atom. The van der Waals surface area contributed by atoms with Gasteiger partial charge in [-0.05, 0) is 23.8 Å². The molecule has 0 N–H and O–H groups in total. The van der Waals surface area contributed by atoms with Gasteiger partial charge in [0.05, 0.1) is 12.2 Å². The van der Waals surface area contributed by atoms with Crippen LogP contribution in [0.4, 0.5) is 5.69 Å². The van der Waals surface area contributed by atoms with Crippen molar-refractivity contribution in [1.82, 2.24) is 5.01 Å². The Bertz CT molecular complexity index is 839. The van der Waals surface area contributed by atoms with Crippen LogP contribution in [0.2, 0.25) is 5.02 Å². The van der Waals surface area contributed by atoms with Crippen LogP contribution in [0.1, 0.15) is 5.56 Å². The second-order valence-corrected chi connectivity index (χ2v) is 6.04. The molecule has 0 aromatic heterocycles.